The van der Waals surface area contributed by atoms with Crippen LogP contribution in [0.5, 0.6) is 0 Å². The first-order valence-electron chi connectivity index (χ1n) is 7.83. The van der Waals surface area contributed by atoms with Crippen LogP contribution in [0.15, 0.2) is 24.3 Å². The summed E-state index contributed by atoms with van der Waals surface area (Å²) in [6, 6.07) is 8.84. The molecule has 3 aliphatic carbocycles. The van der Waals surface area contributed by atoms with E-state index in [-0.39, 0.29) is 23.3 Å². The van der Waals surface area contributed by atoms with Gasteiger partial charge in [-0.05, 0) is 49.1 Å². The minimum atomic E-state index is 0.156. The van der Waals surface area contributed by atoms with Gasteiger partial charge in [-0.3, -0.25) is 4.79 Å². The van der Waals surface area contributed by atoms with Crippen molar-refractivity contribution in [2.75, 3.05) is 6.54 Å². The number of rotatable bonds is 4. The fourth-order valence-corrected chi connectivity index (χ4v) is 4.09. The molecule has 1 aromatic rings. The number of carbonyl (C=O) groups excluding carboxylic acids is 1. The van der Waals surface area contributed by atoms with Crippen LogP contribution in [0.2, 0.25) is 0 Å². The summed E-state index contributed by atoms with van der Waals surface area (Å²) in [6.07, 6.45) is 5.74. The SMILES string of the molecule is NCC(NC(=O)C1CC12CCc1ccccc12)C1CC1. The van der Waals surface area contributed by atoms with E-state index in [2.05, 4.69) is 29.6 Å². The van der Waals surface area contributed by atoms with Crippen LogP contribution in [-0.4, -0.2) is 18.5 Å². The number of nitrogens with one attached hydrogen (secondary N) is 1. The van der Waals surface area contributed by atoms with Crippen LogP contribution >= 0.6 is 0 Å². The van der Waals surface area contributed by atoms with Crippen LogP contribution < -0.4 is 11.1 Å². The minimum absolute atomic E-state index is 0.156. The van der Waals surface area contributed by atoms with Crippen LogP contribution in [0.1, 0.15) is 36.8 Å². The van der Waals surface area contributed by atoms with Crippen molar-refractivity contribution in [1.82, 2.24) is 5.32 Å². The number of nitrogens with two attached hydrogens (primary N) is 1. The number of hydrogen-bond donors (Lipinski definition) is 2. The van der Waals surface area contributed by atoms with Crippen molar-refractivity contribution in [3.8, 4) is 0 Å². The Morgan fingerprint density at radius 1 is 1.40 bits per heavy atom. The zero-order valence-electron chi connectivity index (χ0n) is 11.8. The van der Waals surface area contributed by atoms with E-state index >= 15 is 0 Å². The lowest BCUT2D eigenvalue weighted by Crippen LogP contribution is -2.43. The number of aryl methyl sites for hydroxylation is 1. The summed E-state index contributed by atoms with van der Waals surface area (Å²) in [5, 5.41) is 3.21. The fraction of sp³-hybridized carbons (Fsp3) is 0.588. The van der Waals surface area contributed by atoms with Crippen LogP contribution in [0.25, 0.3) is 0 Å². The molecule has 3 nitrogen and oxygen atoms in total. The van der Waals surface area contributed by atoms with Gasteiger partial charge in [-0.15, -0.1) is 0 Å². The molecule has 106 valence electrons. The van der Waals surface area contributed by atoms with Gasteiger partial charge in [0.25, 0.3) is 0 Å². The lowest BCUT2D eigenvalue weighted by Gasteiger charge is -2.17. The fourth-order valence-electron chi connectivity index (χ4n) is 4.09. The maximum Gasteiger partial charge on any atom is 0.224 e. The topological polar surface area (TPSA) is 55.1 Å². The molecule has 3 unspecified atom stereocenters. The van der Waals surface area contributed by atoms with Gasteiger partial charge in [0, 0.05) is 23.9 Å². The van der Waals surface area contributed by atoms with Crippen LogP contribution in [0.4, 0.5) is 0 Å². The zero-order valence-corrected chi connectivity index (χ0v) is 11.8. The summed E-state index contributed by atoms with van der Waals surface area (Å²) < 4.78 is 0. The van der Waals surface area contributed by atoms with Crippen molar-refractivity contribution < 1.29 is 4.79 Å². The largest absolute Gasteiger partial charge is 0.352 e. The Kier molecular flexibility index (Phi) is 2.68. The van der Waals surface area contributed by atoms with Crippen molar-refractivity contribution in [3.05, 3.63) is 35.4 Å². The molecule has 0 saturated heterocycles. The van der Waals surface area contributed by atoms with E-state index in [9.17, 15) is 4.79 Å². The summed E-state index contributed by atoms with van der Waals surface area (Å²) in [4.78, 5) is 12.5. The maximum atomic E-state index is 12.5. The second kappa shape index (κ2) is 4.32. The molecule has 0 heterocycles. The monoisotopic (exact) mass is 270 g/mol. The molecule has 1 amide bonds. The highest BCUT2D eigenvalue weighted by Crippen LogP contribution is 2.61. The van der Waals surface area contributed by atoms with Gasteiger partial charge < -0.3 is 11.1 Å². The zero-order chi connectivity index (χ0) is 13.7. The normalized spacial score (nSPS) is 31.9. The lowest BCUT2D eigenvalue weighted by atomic mass is 9.95. The van der Waals surface area contributed by atoms with Crippen molar-refractivity contribution in [3.63, 3.8) is 0 Å². The molecular formula is C17H22N2O. The van der Waals surface area contributed by atoms with Gasteiger partial charge in [-0.25, -0.2) is 0 Å². The number of fused-ring (bicyclic) bond motifs is 2. The lowest BCUT2D eigenvalue weighted by molar-refractivity contribution is -0.123. The first kappa shape index (κ1) is 12.4. The molecule has 4 rings (SSSR count). The van der Waals surface area contributed by atoms with Gasteiger partial charge in [0.2, 0.25) is 5.91 Å². The Balaban J connectivity index is 1.48. The molecule has 1 aromatic carbocycles. The molecule has 0 aliphatic heterocycles. The van der Waals surface area contributed by atoms with Crippen LogP contribution in [0, 0.1) is 11.8 Å². The third-order valence-corrected chi connectivity index (χ3v) is 5.56. The Morgan fingerprint density at radius 2 is 2.20 bits per heavy atom. The molecule has 3 N–H and O–H groups in total. The van der Waals surface area contributed by atoms with Crippen LogP contribution in [0.3, 0.4) is 0 Å². The average molecular weight is 270 g/mol. The molecule has 0 radical (unpaired) electrons. The highest BCUT2D eigenvalue weighted by atomic mass is 16.2. The molecule has 2 saturated carbocycles. The highest BCUT2D eigenvalue weighted by Gasteiger charge is 2.61. The Morgan fingerprint density at radius 3 is 2.95 bits per heavy atom. The number of hydrogen-bond acceptors (Lipinski definition) is 2. The molecule has 3 aliphatic rings. The molecule has 1 spiro atoms. The van der Waals surface area contributed by atoms with E-state index < -0.39 is 0 Å². The first-order chi connectivity index (χ1) is 9.74. The van der Waals surface area contributed by atoms with Crippen molar-refractivity contribution in [1.29, 1.82) is 0 Å². The summed E-state index contributed by atoms with van der Waals surface area (Å²) in [7, 11) is 0. The summed E-state index contributed by atoms with van der Waals surface area (Å²) in [5.41, 5.74) is 8.82. The van der Waals surface area contributed by atoms with Gasteiger partial charge in [-0.1, -0.05) is 24.3 Å². The second-order valence-corrected chi connectivity index (χ2v) is 6.76. The molecule has 3 heteroatoms. The Bertz CT molecular complexity index is 552. The van der Waals surface area contributed by atoms with Gasteiger partial charge in [0.15, 0.2) is 0 Å². The third-order valence-electron chi connectivity index (χ3n) is 5.56. The molecule has 2 fully saturated rings. The second-order valence-electron chi connectivity index (χ2n) is 6.76. The Hall–Kier alpha value is -1.35. The van der Waals surface area contributed by atoms with E-state index in [1.54, 1.807) is 0 Å². The van der Waals surface area contributed by atoms with E-state index in [0.717, 1.165) is 19.3 Å². The summed E-state index contributed by atoms with van der Waals surface area (Å²) in [6.45, 7) is 0.576. The highest BCUT2D eigenvalue weighted by molar-refractivity contribution is 5.85. The minimum Gasteiger partial charge on any atom is -0.352 e. The Labute approximate surface area is 119 Å². The van der Waals surface area contributed by atoms with Gasteiger partial charge in [0.05, 0.1) is 0 Å². The van der Waals surface area contributed by atoms with Crippen molar-refractivity contribution >= 4 is 5.91 Å². The predicted octanol–water partition coefficient (Wildman–Crippen LogP) is 1.74. The van der Waals surface area contributed by atoms with E-state index in [1.165, 1.54) is 24.0 Å². The predicted molar refractivity (Wildman–Crippen MR) is 78.3 cm³/mol. The number of benzene rings is 1. The van der Waals surface area contributed by atoms with E-state index in [1.807, 2.05) is 0 Å². The van der Waals surface area contributed by atoms with Crippen LogP contribution in [-0.2, 0) is 16.6 Å². The first-order valence-corrected chi connectivity index (χ1v) is 7.83. The third kappa shape index (κ3) is 1.80. The maximum absolute atomic E-state index is 12.5. The number of amides is 1. The number of carbonyl (C=O) groups is 1. The van der Waals surface area contributed by atoms with Gasteiger partial charge in [0.1, 0.15) is 0 Å². The van der Waals surface area contributed by atoms with Crippen molar-refractivity contribution in [2.24, 2.45) is 17.6 Å². The average Bonchev–Trinajstić information content (AvgIpc) is 3.35. The smallest absolute Gasteiger partial charge is 0.224 e. The standard InChI is InChI=1S/C17H22N2O/c18-10-15(12-5-6-12)19-16(20)14-9-17(14)8-7-11-3-1-2-4-13(11)17/h1-4,12,14-15H,5-10,18H2,(H,19,20). The molecule has 0 bridgehead atoms. The van der Waals surface area contributed by atoms with Crippen molar-refractivity contribution in [2.45, 2.75) is 43.6 Å². The summed E-state index contributed by atoms with van der Waals surface area (Å²) >= 11 is 0. The van der Waals surface area contributed by atoms with Gasteiger partial charge >= 0.3 is 0 Å². The van der Waals surface area contributed by atoms with E-state index in [4.69, 9.17) is 5.73 Å². The molecule has 3 atom stereocenters. The molecular weight excluding hydrogens is 248 g/mol. The summed E-state index contributed by atoms with van der Waals surface area (Å²) in [5.74, 6) is 1.05. The molecule has 0 aromatic heterocycles. The quantitative estimate of drug-likeness (QED) is 0.875. The van der Waals surface area contributed by atoms with E-state index in [0.29, 0.717) is 12.5 Å². The molecule has 20 heavy (non-hydrogen) atoms. The van der Waals surface area contributed by atoms with Gasteiger partial charge in [-0.2, -0.15) is 0 Å².